The lowest BCUT2D eigenvalue weighted by Crippen LogP contribution is -2.36. The summed E-state index contributed by atoms with van der Waals surface area (Å²) < 4.78 is 0. The minimum Gasteiger partial charge on any atom is -0.321 e. The molecule has 1 fully saturated rings. The minimum atomic E-state index is -0.116. The van der Waals surface area contributed by atoms with E-state index in [1.807, 2.05) is 12.4 Å². The van der Waals surface area contributed by atoms with Gasteiger partial charge in [-0.25, -0.2) is 0 Å². The Balaban J connectivity index is 2.30. The largest absolute Gasteiger partial charge is 0.321 e. The van der Waals surface area contributed by atoms with E-state index in [0.717, 1.165) is 12.8 Å². The lowest BCUT2D eigenvalue weighted by atomic mass is 9.83. The van der Waals surface area contributed by atoms with Gasteiger partial charge in [0.15, 0.2) is 0 Å². The Morgan fingerprint density at radius 2 is 1.87 bits per heavy atom. The number of hydrogen-bond acceptors (Lipinski definition) is 2. The van der Waals surface area contributed by atoms with Crippen LogP contribution in [0.25, 0.3) is 0 Å². The van der Waals surface area contributed by atoms with Crippen LogP contribution in [0.3, 0.4) is 0 Å². The molecule has 2 heteroatoms. The summed E-state index contributed by atoms with van der Waals surface area (Å²) in [4.78, 5) is 4.22. The van der Waals surface area contributed by atoms with Crippen molar-refractivity contribution in [3.63, 3.8) is 0 Å². The quantitative estimate of drug-likeness (QED) is 0.714. The molecule has 2 rings (SSSR count). The van der Waals surface area contributed by atoms with Crippen LogP contribution in [0.5, 0.6) is 0 Å². The van der Waals surface area contributed by atoms with E-state index in [4.69, 9.17) is 5.73 Å². The number of hydrogen-bond donors (Lipinski definition) is 1. The minimum absolute atomic E-state index is 0.116. The van der Waals surface area contributed by atoms with Gasteiger partial charge in [0.1, 0.15) is 0 Å². The second-order valence-corrected chi connectivity index (χ2v) is 4.76. The average molecular weight is 204 g/mol. The molecule has 1 heterocycles. The number of nitrogens with zero attached hydrogens (tertiary/aromatic N) is 1. The summed E-state index contributed by atoms with van der Waals surface area (Å²) in [5.41, 5.74) is 8.97. The third-order valence-corrected chi connectivity index (χ3v) is 3.57. The Morgan fingerprint density at radius 3 is 2.47 bits per heavy atom. The molecule has 2 N–H and O–H groups in total. The molecule has 0 radical (unpaired) electrons. The molecular weight excluding hydrogens is 184 g/mol. The molecule has 1 aromatic heterocycles. The fourth-order valence-electron chi connectivity index (χ4n) is 2.61. The second-order valence-electron chi connectivity index (χ2n) is 4.76. The van der Waals surface area contributed by atoms with Crippen LogP contribution in [0.15, 0.2) is 18.5 Å². The molecule has 0 saturated heterocycles. The lowest BCUT2D eigenvalue weighted by molar-refractivity contribution is 0.382. The Bertz CT molecular complexity index is 325. The molecule has 1 aliphatic rings. The molecule has 1 saturated carbocycles. The first-order chi connectivity index (χ1) is 7.22. The standard InChI is InChI=1S/C13H20N2/c1-11-6-9-15-10-12(11)13(14)7-4-2-3-5-8-13/h6,9-10H,2-5,7-8,14H2,1H3. The molecule has 82 valence electrons. The van der Waals surface area contributed by atoms with Crippen LogP contribution in [0, 0.1) is 6.92 Å². The van der Waals surface area contributed by atoms with Gasteiger partial charge in [-0.1, -0.05) is 25.7 Å². The van der Waals surface area contributed by atoms with Gasteiger partial charge in [0.25, 0.3) is 0 Å². The predicted octanol–water partition coefficient (Wildman–Crippen LogP) is 2.90. The maximum atomic E-state index is 6.54. The highest BCUT2D eigenvalue weighted by Gasteiger charge is 2.29. The van der Waals surface area contributed by atoms with Crippen LogP contribution in [0.1, 0.15) is 49.7 Å². The number of pyridine rings is 1. The number of aryl methyl sites for hydroxylation is 1. The molecule has 0 amide bonds. The SMILES string of the molecule is Cc1ccncc1C1(N)CCCCCC1. The van der Waals surface area contributed by atoms with Gasteiger partial charge in [0.05, 0.1) is 0 Å². The maximum Gasteiger partial charge on any atom is 0.0427 e. The summed E-state index contributed by atoms with van der Waals surface area (Å²) in [6, 6.07) is 2.06. The van der Waals surface area contributed by atoms with E-state index in [2.05, 4.69) is 18.0 Å². The van der Waals surface area contributed by atoms with Gasteiger partial charge >= 0.3 is 0 Å². The van der Waals surface area contributed by atoms with Crippen molar-refractivity contribution in [2.45, 2.75) is 51.0 Å². The topological polar surface area (TPSA) is 38.9 Å². The van der Waals surface area contributed by atoms with Crippen molar-refractivity contribution in [2.75, 3.05) is 0 Å². The maximum absolute atomic E-state index is 6.54. The van der Waals surface area contributed by atoms with Crippen molar-refractivity contribution in [3.05, 3.63) is 29.6 Å². The first kappa shape index (κ1) is 10.6. The van der Waals surface area contributed by atoms with Crippen LogP contribution < -0.4 is 5.73 Å². The molecule has 0 bridgehead atoms. The predicted molar refractivity (Wildman–Crippen MR) is 62.5 cm³/mol. The van der Waals surface area contributed by atoms with Crippen molar-refractivity contribution in [3.8, 4) is 0 Å². The summed E-state index contributed by atoms with van der Waals surface area (Å²) in [6.07, 6.45) is 11.2. The van der Waals surface area contributed by atoms with Gasteiger partial charge in [0.2, 0.25) is 0 Å². The molecule has 15 heavy (non-hydrogen) atoms. The molecule has 1 aliphatic carbocycles. The molecule has 0 aliphatic heterocycles. The van der Waals surface area contributed by atoms with E-state index in [1.165, 1.54) is 36.8 Å². The van der Waals surface area contributed by atoms with Crippen LogP contribution in [-0.2, 0) is 5.54 Å². The second kappa shape index (κ2) is 4.31. The van der Waals surface area contributed by atoms with Crippen molar-refractivity contribution in [1.29, 1.82) is 0 Å². The van der Waals surface area contributed by atoms with Crippen molar-refractivity contribution < 1.29 is 0 Å². The summed E-state index contributed by atoms with van der Waals surface area (Å²) in [7, 11) is 0. The first-order valence-electron chi connectivity index (χ1n) is 5.92. The lowest BCUT2D eigenvalue weighted by Gasteiger charge is -2.29. The number of rotatable bonds is 1. The number of nitrogens with two attached hydrogens (primary N) is 1. The highest BCUT2D eigenvalue weighted by atomic mass is 14.8. The Morgan fingerprint density at radius 1 is 1.20 bits per heavy atom. The van der Waals surface area contributed by atoms with Crippen molar-refractivity contribution in [1.82, 2.24) is 4.98 Å². The first-order valence-corrected chi connectivity index (χ1v) is 5.92. The highest BCUT2D eigenvalue weighted by molar-refractivity contribution is 5.29. The molecule has 2 nitrogen and oxygen atoms in total. The third kappa shape index (κ3) is 2.20. The Hall–Kier alpha value is -0.890. The van der Waals surface area contributed by atoms with Crippen LogP contribution in [-0.4, -0.2) is 4.98 Å². The van der Waals surface area contributed by atoms with Gasteiger partial charge in [0, 0.05) is 17.9 Å². The van der Waals surface area contributed by atoms with E-state index in [0.29, 0.717) is 0 Å². The van der Waals surface area contributed by atoms with E-state index in [1.54, 1.807) is 0 Å². The summed E-state index contributed by atoms with van der Waals surface area (Å²) in [6.45, 7) is 2.14. The molecule has 0 spiro atoms. The van der Waals surface area contributed by atoms with Crippen LogP contribution in [0.2, 0.25) is 0 Å². The summed E-state index contributed by atoms with van der Waals surface area (Å²) >= 11 is 0. The Kier molecular flexibility index (Phi) is 3.06. The van der Waals surface area contributed by atoms with Crippen molar-refractivity contribution in [2.24, 2.45) is 5.73 Å². The zero-order valence-electron chi connectivity index (χ0n) is 9.50. The average Bonchev–Trinajstić information content (AvgIpc) is 2.44. The zero-order chi connectivity index (χ0) is 10.7. The number of aromatic nitrogens is 1. The molecule has 0 atom stereocenters. The van der Waals surface area contributed by atoms with Gasteiger partial charge < -0.3 is 5.73 Å². The van der Waals surface area contributed by atoms with Crippen molar-refractivity contribution >= 4 is 0 Å². The summed E-state index contributed by atoms with van der Waals surface area (Å²) in [5.74, 6) is 0. The smallest absolute Gasteiger partial charge is 0.0427 e. The fraction of sp³-hybridized carbons (Fsp3) is 0.615. The molecule has 1 aromatic rings. The van der Waals surface area contributed by atoms with E-state index < -0.39 is 0 Å². The van der Waals surface area contributed by atoms with Gasteiger partial charge in [-0.2, -0.15) is 0 Å². The van der Waals surface area contributed by atoms with E-state index in [-0.39, 0.29) is 5.54 Å². The van der Waals surface area contributed by atoms with Gasteiger partial charge in [-0.3, -0.25) is 4.98 Å². The van der Waals surface area contributed by atoms with Gasteiger partial charge in [-0.05, 0) is 37.0 Å². The monoisotopic (exact) mass is 204 g/mol. The van der Waals surface area contributed by atoms with E-state index in [9.17, 15) is 0 Å². The summed E-state index contributed by atoms with van der Waals surface area (Å²) in [5, 5.41) is 0. The highest BCUT2D eigenvalue weighted by Crippen LogP contribution is 2.34. The molecule has 0 aromatic carbocycles. The normalized spacial score (nSPS) is 20.9. The fourth-order valence-corrected chi connectivity index (χ4v) is 2.61. The van der Waals surface area contributed by atoms with Crippen LogP contribution >= 0.6 is 0 Å². The Labute approximate surface area is 91.9 Å². The zero-order valence-corrected chi connectivity index (χ0v) is 9.50. The van der Waals surface area contributed by atoms with Gasteiger partial charge in [-0.15, -0.1) is 0 Å². The van der Waals surface area contributed by atoms with Crippen LogP contribution in [0.4, 0.5) is 0 Å². The third-order valence-electron chi connectivity index (χ3n) is 3.57. The van der Waals surface area contributed by atoms with E-state index >= 15 is 0 Å². The molecule has 0 unspecified atom stereocenters. The molecular formula is C13H20N2.